The number of furan rings is 1. The Kier molecular flexibility index (Phi) is 2.84. The van der Waals surface area contributed by atoms with Crippen molar-refractivity contribution in [2.45, 2.75) is 18.9 Å². The van der Waals surface area contributed by atoms with Crippen LogP contribution in [0.2, 0.25) is 0 Å². The van der Waals surface area contributed by atoms with Crippen LogP contribution < -0.4 is 5.32 Å². The third-order valence-corrected chi connectivity index (χ3v) is 2.25. The summed E-state index contributed by atoms with van der Waals surface area (Å²) in [5.41, 5.74) is 0. The molecular weight excluding hydrogens is 182 g/mol. The molecule has 1 aromatic rings. The number of hydrogen-bond donors (Lipinski definition) is 1. The van der Waals surface area contributed by atoms with Crippen LogP contribution in [-0.2, 0) is 4.74 Å². The lowest BCUT2D eigenvalue weighted by atomic mass is 10.1. The van der Waals surface area contributed by atoms with Gasteiger partial charge in [0.2, 0.25) is 5.76 Å². The van der Waals surface area contributed by atoms with Crippen molar-refractivity contribution in [2.75, 3.05) is 13.1 Å². The van der Waals surface area contributed by atoms with Gasteiger partial charge in [-0.05, 0) is 31.5 Å². The van der Waals surface area contributed by atoms with E-state index < -0.39 is 0 Å². The van der Waals surface area contributed by atoms with Crippen LogP contribution in [0.5, 0.6) is 0 Å². The molecule has 0 aliphatic carbocycles. The molecule has 4 heteroatoms. The van der Waals surface area contributed by atoms with E-state index in [1.54, 1.807) is 12.1 Å². The third kappa shape index (κ3) is 2.14. The van der Waals surface area contributed by atoms with E-state index in [1.165, 1.54) is 6.26 Å². The molecule has 1 fully saturated rings. The zero-order chi connectivity index (χ0) is 9.80. The monoisotopic (exact) mass is 195 g/mol. The standard InChI is InChI=1S/C10H13NO3/c12-10(9-4-2-6-13-9)14-8-3-1-5-11-7-8/h2,4,6,8,11H,1,3,5,7H2. The second-order valence-electron chi connectivity index (χ2n) is 3.35. The third-order valence-electron chi connectivity index (χ3n) is 2.25. The number of piperidine rings is 1. The van der Waals surface area contributed by atoms with E-state index in [2.05, 4.69) is 5.32 Å². The Labute approximate surface area is 82.2 Å². The number of carbonyl (C=O) groups is 1. The summed E-state index contributed by atoms with van der Waals surface area (Å²) in [6.45, 7) is 1.75. The summed E-state index contributed by atoms with van der Waals surface area (Å²) in [7, 11) is 0. The molecule has 1 saturated heterocycles. The summed E-state index contributed by atoms with van der Waals surface area (Å²) in [4.78, 5) is 11.4. The SMILES string of the molecule is O=C(OC1CCCNC1)c1ccco1. The Morgan fingerprint density at radius 1 is 1.64 bits per heavy atom. The molecule has 14 heavy (non-hydrogen) atoms. The minimum atomic E-state index is -0.372. The smallest absolute Gasteiger partial charge is 0.374 e. The van der Waals surface area contributed by atoms with Crippen LogP contribution >= 0.6 is 0 Å². The maximum atomic E-state index is 11.4. The number of hydrogen-bond acceptors (Lipinski definition) is 4. The van der Waals surface area contributed by atoms with Gasteiger partial charge in [0.1, 0.15) is 6.10 Å². The number of carbonyl (C=O) groups excluding carboxylic acids is 1. The number of nitrogens with one attached hydrogen (secondary N) is 1. The maximum absolute atomic E-state index is 11.4. The second-order valence-corrected chi connectivity index (χ2v) is 3.35. The maximum Gasteiger partial charge on any atom is 0.374 e. The first kappa shape index (κ1) is 9.27. The summed E-state index contributed by atoms with van der Waals surface area (Å²) in [5.74, 6) is -0.0979. The van der Waals surface area contributed by atoms with Crippen LogP contribution in [0.4, 0.5) is 0 Å². The van der Waals surface area contributed by atoms with Crippen LogP contribution in [0, 0.1) is 0 Å². The van der Waals surface area contributed by atoms with Crippen molar-refractivity contribution in [3.05, 3.63) is 24.2 Å². The van der Waals surface area contributed by atoms with Crippen LogP contribution in [0.15, 0.2) is 22.8 Å². The van der Waals surface area contributed by atoms with E-state index in [9.17, 15) is 4.79 Å². The lowest BCUT2D eigenvalue weighted by molar-refractivity contribution is 0.0211. The fourth-order valence-electron chi connectivity index (χ4n) is 1.52. The largest absolute Gasteiger partial charge is 0.457 e. The zero-order valence-corrected chi connectivity index (χ0v) is 7.86. The summed E-state index contributed by atoms with van der Waals surface area (Å²) >= 11 is 0. The quantitative estimate of drug-likeness (QED) is 0.720. The van der Waals surface area contributed by atoms with Crippen LogP contribution in [0.25, 0.3) is 0 Å². The molecule has 0 aromatic carbocycles. The van der Waals surface area contributed by atoms with Crippen LogP contribution in [0.3, 0.4) is 0 Å². The average molecular weight is 195 g/mol. The van der Waals surface area contributed by atoms with Crippen LogP contribution in [0.1, 0.15) is 23.4 Å². The normalized spacial score (nSPS) is 21.9. The Bertz CT molecular complexity index is 288. The van der Waals surface area contributed by atoms with Gasteiger partial charge >= 0.3 is 5.97 Å². The predicted molar refractivity (Wildman–Crippen MR) is 50.0 cm³/mol. The van der Waals surface area contributed by atoms with E-state index in [0.29, 0.717) is 0 Å². The topological polar surface area (TPSA) is 51.5 Å². The highest BCUT2D eigenvalue weighted by Crippen LogP contribution is 2.10. The van der Waals surface area contributed by atoms with Crippen molar-refractivity contribution in [1.82, 2.24) is 5.32 Å². The molecule has 0 amide bonds. The van der Waals surface area contributed by atoms with Gasteiger partial charge in [0.05, 0.1) is 6.26 Å². The number of esters is 1. The molecule has 1 unspecified atom stereocenters. The molecule has 0 spiro atoms. The molecule has 1 atom stereocenters. The highest BCUT2D eigenvalue weighted by atomic mass is 16.6. The average Bonchev–Trinajstić information content (AvgIpc) is 2.72. The molecule has 76 valence electrons. The minimum absolute atomic E-state index is 0.0126. The van der Waals surface area contributed by atoms with Gasteiger partial charge in [-0.25, -0.2) is 4.79 Å². The molecule has 1 aliphatic heterocycles. The van der Waals surface area contributed by atoms with E-state index in [1.807, 2.05) is 0 Å². The number of rotatable bonds is 2. The molecular formula is C10H13NO3. The molecule has 0 bridgehead atoms. The molecule has 2 heterocycles. The van der Waals surface area contributed by atoms with Gasteiger partial charge in [-0.2, -0.15) is 0 Å². The van der Waals surface area contributed by atoms with Crippen LogP contribution in [-0.4, -0.2) is 25.2 Å². The van der Waals surface area contributed by atoms with Crippen molar-refractivity contribution in [2.24, 2.45) is 0 Å². The number of ether oxygens (including phenoxy) is 1. The summed E-state index contributed by atoms with van der Waals surface area (Å²) in [6, 6.07) is 3.29. The Hall–Kier alpha value is -1.29. The van der Waals surface area contributed by atoms with E-state index in [4.69, 9.17) is 9.15 Å². The summed E-state index contributed by atoms with van der Waals surface area (Å²) in [6.07, 6.45) is 3.44. The van der Waals surface area contributed by atoms with Crippen molar-refractivity contribution in [3.63, 3.8) is 0 Å². The molecule has 2 rings (SSSR count). The van der Waals surface area contributed by atoms with E-state index in [-0.39, 0.29) is 17.8 Å². The summed E-state index contributed by atoms with van der Waals surface area (Å²) in [5, 5.41) is 3.18. The molecule has 1 N–H and O–H groups in total. The van der Waals surface area contributed by atoms with Gasteiger partial charge < -0.3 is 14.5 Å². The van der Waals surface area contributed by atoms with Gasteiger partial charge in [-0.1, -0.05) is 0 Å². The molecule has 4 nitrogen and oxygen atoms in total. The Balaban J connectivity index is 1.87. The predicted octanol–water partition coefficient (Wildman–Crippen LogP) is 1.19. The first-order valence-electron chi connectivity index (χ1n) is 4.81. The zero-order valence-electron chi connectivity index (χ0n) is 7.86. The van der Waals surface area contributed by atoms with Gasteiger partial charge in [0, 0.05) is 6.54 Å². The summed E-state index contributed by atoms with van der Waals surface area (Å²) < 4.78 is 10.2. The lowest BCUT2D eigenvalue weighted by Gasteiger charge is -2.22. The van der Waals surface area contributed by atoms with Gasteiger partial charge in [-0.3, -0.25) is 0 Å². The van der Waals surface area contributed by atoms with Gasteiger partial charge in [0.15, 0.2) is 0 Å². The van der Waals surface area contributed by atoms with E-state index >= 15 is 0 Å². The van der Waals surface area contributed by atoms with E-state index in [0.717, 1.165) is 25.9 Å². The molecule has 0 saturated carbocycles. The second kappa shape index (κ2) is 4.28. The van der Waals surface area contributed by atoms with Gasteiger partial charge in [0.25, 0.3) is 0 Å². The fourth-order valence-corrected chi connectivity index (χ4v) is 1.52. The first-order valence-corrected chi connectivity index (χ1v) is 4.81. The highest BCUT2D eigenvalue weighted by Gasteiger charge is 2.19. The van der Waals surface area contributed by atoms with Gasteiger partial charge in [-0.15, -0.1) is 0 Å². The lowest BCUT2D eigenvalue weighted by Crippen LogP contribution is -2.36. The Morgan fingerprint density at radius 2 is 2.57 bits per heavy atom. The highest BCUT2D eigenvalue weighted by molar-refractivity contribution is 5.86. The molecule has 0 radical (unpaired) electrons. The van der Waals surface area contributed by atoms with Crippen molar-refractivity contribution >= 4 is 5.97 Å². The van der Waals surface area contributed by atoms with Crippen molar-refractivity contribution in [3.8, 4) is 0 Å². The van der Waals surface area contributed by atoms with Crippen molar-refractivity contribution in [1.29, 1.82) is 0 Å². The molecule has 1 aliphatic rings. The minimum Gasteiger partial charge on any atom is -0.457 e. The van der Waals surface area contributed by atoms with Crippen molar-refractivity contribution < 1.29 is 13.9 Å². The fraction of sp³-hybridized carbons (Fsp3) is 0.500. The first-order chi connectivity index (χ1) is 6.86. The Morgan fingerprint density at radius 3 is 3.21 bits per heavy atom. The molecule has 1 aromatic heterocycles.